The maximum atomic E-state index is 11.8. The molecule has 0 unspecified atom stereocenters. The van der Waals surface area contributed by atoms with Gasteiger partial charge in [0.25, 0.3) is 0 Å². The van der Waals surface area contributed by atoms with Crippen molar-refractivity contribution in [3.8, 4) is 5.75 Å². The molecule has 0 aliphatic heterocycles. The Kier molecular flexibility index (Phi) is 6.65. The smallest absolute Gasteiger partial charge is 0.234 e. The molecular weight excluding hydrogens is 316 g/mol. The van der Waals surface area contributed by atoms with Gasteiger partial charge >= 0.3 is 0 Å². The Hall–Kier alpha value is -2.27. The van der Waals surface area contributed by atoms with Crippen LogP contribution >= 0.6 is 0 Å². The number of hydrogen-bond donors (Lipinski definition) is 2. The highest BCUT2D eigenvalue weighted by atomic mass is 16.5. The highest BCUT2D eigenvalue weighted by molar-refractivity contribution is 5.78. The van der Waals surface area contributed by atoms with Gasteiger partial charge < -0.3 is 14.5 Å². The van der Waals surface area contributed by atoms with Gasteiger partial charge in [0, 0.05) is 0 Å². The third-order valence-corrected chi connectivity index (χ3v) is 3.95. The monoisotopic (exact) mass is 344 g/mol. The van der Waals surface area contributed by atoms with Crippen molar-refractivity contribution in [3.05, 3.63) is 54.0 Å². The molecule has 0 bridgehead atoms. The second-order valence-electron chi connectivity index (χ2n) is 7.09. The van der Waals surface area contributed by atoms with Crippen LogP contribution < -0.4 is 15.4 Å². The van der Waals surface area contributed by atoms with Crippen LogP contribution in [-0.2, 0) is 10.2 Å². The fraction of sp³-hybridized carbons (Fsp3) is 0.450. The summed E-state index contributed by atoms with van der Waals surface area (Å²) < 4.78 is 10.9. The van der Waals surface area contributed by atoms with Crippen molar-refractivity contribution in [2.24, 2.45) is 0 Å². The number of benzene rings is 1. The van der Waals surface area contributed by atoms with Gasteiger partial charge in [0.05, 0.1) is 25.4 Å². The second-order valence-corrected chi connectivity index (χ2v) is 7.09. The summed E-state index contributed by atoms with van der Waals surface area (Å²) in [6, 6.07) is 11.8. The molecule has 2 rings (SSSR count). The minimum Gasteiger partial charge on any atom is -0.492 e. The number of nitrogens with one attached hydrogen (secondary N) is 2. The number of furan rings is 1. The number of amides is 1. The van der Waals surface area contributed by atoms with E-state index in [1.807, 2.05) is 31.2 Å². The zero-order valence-electron chi connectivity index (χ0n) is 15.5. The maximum Gasteiger partial charge on any atom is 0.234 e. The fourth-order valence-corrected chi connectivity index (χ4v) is 2.36. The van der Waals surface area contributed by atoms with Crippen molar-refractivity contribution in [3.63, 3.8) is 0 Å². The van der Waals surface area contributed by atoms with Crippen LogP contribution in [0.15, 0.2) is 47.1 Å². The molecular formula is C20H28N2O3. The Balaban J connectivity index is 1.63. The topological polar surface area (TPSA) is 63.5 Å². The molecule has 2 aromatic rings. The Morgan fingerprint density at radius 2 is 1.92 bits per heavy atom. The molecule has 1 atom stereocenters. The summed E-state index contributed by atoms with van der Waals surface area (Å²) in [6.45, 7) is 9.64. The van der Waals surface area contributed by atoms with Gasteiger partial charge in [-0.25, -0.2) is 0 Å². The molecule has 0 radical (unpaired) electrons. The second kappa shape index (κ2) is 8.72. The number of ether oxygens (including phenoxy) is 1. The zero-order chi connectivity index (χ0) is 18.3. The van der Waals surface area contributed by atoms with E-state index < -0.39 is 0 Å². The van der Waals surface area contributed by atoms with E-state index in [1.165, 1.54) is 5.56 Å². The number of hydrogen-bond acceptors (Lipinski definition) is 4. The first kappa shape index (κ1) is 19.1. The van der Waals surface area contributed by atoms with E-state index >= 15 is 0 Å². The molecule has 0 spiro atoms. The lowest BCUT2D eigenvalue weighted by atomic mass is 9.87. The molecule has 25 heavy (non-hydrogen) atoms. The van der Waals surface area contributed by atoms with E-state index in [4.69, 9.17) is 9.15 Å². The molecule has 1 aromatic carbocycles. The molecule has 2 N–H and O–H groups in total. The molecule has 0 saturated carbocycles. The van der Waals surface area contributed by atoms with Gasteiger partial charge in [0.1, 0.15) is 18.1 Å². The fourth-order valence-electron chi connectivity index (χ4n) is 2.36. The van der Waals surface area contributed by atoms with Gasteiger partial charge in [-0.2, -0.15) is 0 Å². The van der Waals surface area contributed by atoms with Crippen LogP contribution in [0, 0.1) is 0 Å². The average molecular weight is 344 g/mol. The summed E-state index contributed by atoms with van der Waals surface area (Å²) >= 11 is 0. The first-order valence-corrected chi connectivity index (χ1v) is 8.63. The van der Waals surface area contributed by atoms with E-state index in [-0.39, 0.29) is 23.9 Å². The standard InChI is InChI=1S/C20H28N2O3/c1-15(18-6-5-12-25-18)22-14-19(23)21-11-13-24-17-9-7-16(8-10-17)20(2,3)4/h5-10,12,15,22H,11,13-14H2,1-4H3,(H,21,23)/t15-/m1/s1. The largest absolute Gasteiger partial charge is 0.492 e. The molecule has 1 aromatic heterocycles. The molecule has 1 amide bonds. The first-order chi connectivity index (χ1) is 11.9. The summed E-state index contributed by atoms with van der Waals surface area (Å²) in [5.74, 6) is 1.56. The van der Waals surface area contributed by atoms with Crippen molar-refractivity contribution in [1.29, 1.82) is 0 Å². The summed E-state index contributed by atoms with van der Waals surface area (Å²) in [5.41, 5.74) is 1.40. The third kappa shape index (κ3) is 6.27. The van der Waals surface area contributed by atoms with Crippen LogP contribution in [0.3, 0.4) is 0 Å². The Morgan fingerprint density at radius 3 is 2.52 bits per heavy atom. The van der Waals surface area contributed by atoms with Crippen LogP contribution in [0.25, 0.3) is 0 Å². The summed E-state index contributed by atoms with van der Waals surface area (Å²) in [5, 5.41) is 5.95. The highest BCUT2D eigenvalue weighted by Gasteiger charge is 2.13. The van der Waals surface area contributed by atoms with Gasteiger partial charge in [0.2, 0.25) is 5.91 Å². The molecule has 0 fully saturated rings. The van der Waals surface area contributed by atoms with Crippen molar-refractivity contribution in [2.45, 2.75) is 39.2 Å². The van der Waals surface area contributed by atoms with E-state index in [9.17, 15) is 4.79 Å². The normalized spacial score (nSPS) is 12.6. The highest BCUT2D eigenvalue weighted by Crippen LogP contribution is 2.24. The third-order valence-electron chi connectivity index (χ3n) is 3.95. The van der Waals surface area contributed by atoms with Gasteiger partial charge in [0.15, 0.2) is 0 Å². The Labute approximate surface area is 149 Å². The van der Waals surface area contributed by atoms with E-state index in [0.29, 0.717) is 13.2 Å². The minimum atomic E-state index is -0.0647. The number of rotatable bonds is 8. The van der Waals surface area contributed by atoms with Crippen molar-refractivity contribution in [1.82, 2.24) is 10.6 Å². The lowest BCUT2D eigenvalue weighted by Gasteiger charge is -2.19. The van der Waals surface area contributed by atoms with Gasteiger partial charge in [-0.1, -0.05) is 32.9 Å². The van der Waals surface area contributed by atoms with Crippen LogP contribution in [0.4, 0.5) is 0 Å². The summed E-state index contributed by atoms with van der Waals surface area (Å²) in [4.78, 5) is 11.8. The van der Waals surface area contributed by atoms with Gasteiger partial charge in [-0.3, -0.25) is 10.1 Å². The zero-order valence-corrected chi connectivity index (χ0v) is 15.5. The Morgan fingerprint density at radius 1 is 1.20 bits per heavy atom. The lowest BCUT2D eigenvalue weighted by molar-refractivity contribution is -0.120. The van der Waals surface area contributed by atoms with Crippen LogP contribution in [0.1, 0.15) is 45.1 Å². The van der Waals surface area contributed by atoms with Crippen molar-refractivity contribution in [2.75, 3.05) is 19.7 Å². The molecule has 1 heterocycles. The van der Waals surface area contributed by atoms with Crippen LogP contribution in [0.2, 0.25) is 0 Å². The van der Waals surface area contributed by atoms with Crippen molar-refractivity contribution >= 4 is 5.91 Å². The molecule has 5 heteroatoms. The van der Waals surface area contributed by atoms with Gasteiger partial charge in [-0.15, -0.1) is 0 Å². The van der Waals surface area contributed by atoms with E-state index in [2.05, 4.69) is 43.5 Å². The minimum absolute atomic E-state index is 0.00155. The SMILES string of the molecule is C[C@@H](NCC(=O)NCCOc1ccc(C(C)(C)C)cc1)c1ccco1. The first-order valence-electron chi connectivity index (χ1n) is 8.63. The van der Waals surface area contributed by atoms with Crippen molar-refractivity contribution < 1.29 is 13.9 Å². The average Bonchev–Trinajstić information content (AvgIpc) is 3.11. The Bertz CT molecular complexity index is 643. The van der Waals surface area contributed by atoms with E-state index in [1.54, 1.807) is 6.26 Å². The number of carbonyl (C=O) groups excluding carboxylic acids is 1. The lowest BCUT2D eigenvalue weighted by Crippen LogP contribution is -2.36. The predicted octanol–water partition coefficient (Wildman–Crippen LogP) is 3.42. The molecule has 0 aliphatic rings. The molecule has 0 aliphatic carbocycles. The molecule has 5 nitrogen and oxygen atoms in total. The van der Waals surface area contributed by atoms with Crippen LogP contribution in [-0.4, -0.2) is 25.6 Å². The summed E-state index contributed by atoms with van der Waals surface area (Å²) in [6.07, 6.45) is 1.62. The quantitative estimate of drug-likeness (QED) is 0.720. The summed E-state index contributed by atoms with van der Waals surface area (Å²) in [7, 11) is 0. The maximum absolute atomic E-state index is 11.8. The predicted molar refractivity (Wildman–Crippen MR) is 98.8 cm³/mol. The van der Waals surface area contributed by atoms with Gasteiger partial charge in [-0.05, 0) is 42.2 Å². The van der Waals surface area contributed by atoms with Crippen LogP contribution in [0.5, 0.6) is 5.75 Å². The molecule has 0 saturated heterocycles. The van der Waals surface area contributed by atoms with E-state index in [0.717, 1.165) is 11.5 Å². The number of carbonyl (C=O) groups is 1. The molecule has 136 valence electrons.